The van der Waals surface area contributed by atoms with E-state index >= 15 is 0 Å². The van der Waals surface area contributed by atoms with E-state index in [-0.39, 0.29) is 5.78 Å². The first-order valence-electron chi connectivity index (χ1n) is 7.89. The van der Waals surface area contributed by atoms with Crippen molar-refractivity contribution in [2.24, 2.45) is 7.05 Å². The molecule has 0 saturated carbocycles. The van der Waals surface area contributed by atoms with Crippen LogP contribution in [0.3, 0.4) is 0 Å². The molecule has 2 rings (SSSR count). The van der Waals surface area contributed by atoms with Crippen molar-refractivity contribution >= 4 is 23.3 Å². The van der Waals surface area contributed by atoms with Crippen LogP contribution in [0.25, 0.3) is 0 Å². The Kier molecular flexibility index (Phi) is 6.41. The second-order valence-corrected chi connectivity index (χ2v) is 5.44. The molecule has 0 saturated heterocycles. The molecule has 2 amide bonds. The van der Waals surface area contributed by atoms with E-state index in [9.17, 15) is 14.4 Å². The number of nitrogens with zero attached hydrogens (tertiary/aromatic N) is 2. The number of carbonyl (C=O) groups is 3. The lowest BCUT2D eigenvalue weighted by atomic mass is 10.1. The SMILES string of the molecule is CNCCCNC(=O)C(=O)Nc1ccc(C(=O)c2nccn2C)cc1. The highest BCUT2D eigenvalue weighted by Gasteiger charge is 2.15. The van der Waals surface area contributed by atoms with Crippen molar-refractivity contribution in [3.05, 3.63) is 48.0 Å². The molecule has 8 heteroatoms. The Bertz CT molecular complexity index is 752. The van der Waals surface area contributed by atoms with E-state index in [4.69, 9.17) is 0 Å². The van der Waals surface area contributed by atoms with Gasteiger partial charge in [0.15, 0.2) is 5.82 Å². The lowest BCUT2D eigenvalue weighted by Gasteiger charge is -2.07. The lowest BCUT2D eigenvalue weighted by Crippen LogP contribution is -2.36. The molecule has 3 N–H and O–H groups in total. The largest absolute Gasteiger partial charge is 0.348 e. The summed E-state index contributed by atoms with van der Waals surface area (Å²) in [7, 11) is 3.56. The van der Waals surface area contributed by atoms with Gasteiger partial charge in [-0.05, 0) is 44.3 Å². The standard InChI is InChI=1S/C17H21N5O3/c1-18-8-3-9-20-16(24)17(25)21-13-6-4-12(5-7-13)14(23)15-19-10-11-22(15)2/h4-7,10-11,18H,3,8-9H2,1-2H3,(H,20,24)(H,21,25). The predicted octanol–water partition coefficient (Wildman–Crippen LogP) is 0.315. The van der Waals surface area contributed by atoms with Gasteiger partial charge in [-0.2, -0.15) is 0 Å². The van der Waals surface area contributed by atoms with Crippen molar-refractivity contribution < 1.29 is 14.4 Å². The van der Waals surface area contributed by atoms with Crippen LogP contribution in [0.2, 0.25) is 0 Å². The molecule has 0 unspecified atom stereocenters. The number of rotatable bonds is 7. The number of nitrogens with one attached hydrogen (secondary N) is 3. The summed E-state index contributed by atoms with van der Waals surface area (Å²) in [6, 6.07) is 6.31. The van der Waals surface area contributed by atoms with Crippen LogP contribution in [0.1, 0.15) is 22.6 Å². The molecule has 0 spiro atoms. The zero-order valence-corrected chi connectivity index (χ0v) is 14.2. The van der Waals surface area contributed by atoms with Crippen molar-refractivity contribution in [1.29, 1.82) is 0 Å². The molecule has 0 atom stereocenters. The number of benzene rings is 1. The van der Waals surface area contributed by atoms with Gasteiger partial charge >= 0.3 is 11.8 Å². The van der Waals surface area contributed by atoms with E-state index in [0.29, 0.717) is 23.6 Å². The van der Waals surface area contributed by atoms with Gasteiger partial charge in [0.25, 0.3) is 0 Å². The first kappa shape index (κ1) is 18.3. The molecule has 1 aromatic carbocycles. The first-order valence-corrected chi connectivity index (χ1v) is 7.89. The molecular weight excluding hydrogens is 322 g/mol. The van der Waals surface area contributed by atoms with Crippen molar-refractivity contribution in [1.82, 2.24) is 20.2 Å². The number of aromatic nitrogens is 2. The van der Waals surface area contributed by atoms with Crippen LogP contribution in [0.5, 0.6) is 0 Å². The maximum Gasteiger partial charge on any atom is 0.313 e. The Balaban J connectivity index is 1.91. The smallest absolute Gasteiger partial charge is 0.313 e. The molecule has 1 aromatic heterocycles. The van der Waals surface area contributed by atoms with Gasteiger partial charge in [0.05, 0.1) is 0 Å². The van der Waals surface area contributed by atoms with Crippen molar-refractivity contribution in [3.8, 4) is 0 Å². The Morgan fingerprint density at radius 1 is 1.08 bits per heavy atom. The predicted molar refractivity (Wildman–Crippen MR) is 93.3 cm³/mol. The van der Waals surface area contributed by atoms with Gasteiger partial charge in [0, 0.05) is 37.2 Å². The third-order valence-electron chi connectivity index (χ3n) is 3.52. The number of ketones is 1. The van der Waals surface area contributed by atoms with Gasteiger partial charge in [-0.3, -0.25) is 14.4 Å². The minimum absolute atomic E-state index is 0.215. The van der Waals surface area contributed by atoms with Crippen LogP contribution in [0.15, 0.2) is 36.7 Å². The second kappa shape index (κ2) is 8.74. The highest BCUT2D eigenvalue weighted by molar-refractivity contribution is 6.39. The molecule has 0 aliphatic rings. The molecule has 132 valence electrons. The Morgan fingerprint density at radius 2 is 1.80 bits per heavy atom. The maximum atomic E-state index is 12.3. The summed E-state index contributed by atoms with van der Waals surface area (Å²) >= 11 is 0. The molecule has 0 aliphatic carbocycles. The van der Waals surface area contributed by atoms with Gasteiger partial charge in [0.1, 0.15) is 0 Å². The van der Waals surface area contributed by atoms with Gasteiger partial charge in [-0.1, -0.05) is 0 Å². The molecule has 1 heterocycles. The van der Waals surface area contributed by atoms with E-state index in [0.717, 1.165) is 13.0 Å². The third kappa shape index (κ3) is 4.98. The van der Waals surface area contributed by atoms with E-state index in [1.54, 1.807) is 48.3 Å². The van der Waals surface area contributed by atoms with Gasteiger partial charge in [-0.25, -0.2) is 4.98 Å². The summed E-state index contributed by atoms with van der Waals surface area (Å²) in [4.78, 5) is 39.8. The number of imidazole rings is 1. The van der Waals surface area contributed by atoms with Crippen LogP contribution in [-0.4, -0.2) is 47.3 Å². The molecule has 25 heavy (non-hydrogen) atoms. The number of hydrogen-bond donors (Lipinski definition) is 3. The highest BCUT2D eigenvalue weighted by atomic mass is 16.2. The zero-order valence-electron chi connectivity index (χ0n) is 14.2. The van der Waals surface area contributed by atoms with Crippen molar-refractivity contribution in [3.63, 3.8) is 0 Å². The van der Waals surface area contributed by atoms with E-state index < -0.39 is 11.8 Å². The fraction of sp³-hybridized carbons (Fsp3) is 0.294. The van der Waals surface area contributed by atoms with Gasteiger partial charge in [0.2, 0.25) is 5.78 Å². The molecule has 2 aromatic rings. The fourth-order valence-electron chi connectivity index (χ4n) is 2.15. The van der Waals surface area contributed by atoms with Crippen LogP contribution < -0.4 is 16.0 Å². The molecular formula is C17H21N5O3. The topological polar surface area (TPSA) is 105 Å². The molecule has 0 aliphatic heterocycles. The van der Waals surface area contributed by atoms with E-state index in [1.807, 2.05) is 7.05 Å². The van der Waals surface area contributed by atoms with Gasteiger partial charge < -0.3 is 20.5 Å². The number of carbonyl (C=O) groups excluding carboxylic acids is 3. The Morgan fingerprint density at radius 3 is 2.40 bits per heavy atom. The minimum atomic E-state index is -0.743. The summed E-state index contributed by atoms with van der Waals surface area (Å²) in [6.07, 6.45) is 3.98. The molecule has 8 nitrogen and oxygen atoms in total. The maximum absolute atomic E-state index is 12.3. The van der Waals surface area contributed by atoms with Crippen molar-refractivity contribution in [2.75, 3.05) is 25.5 Å². The third-order valence-corrected chi connectivity index (χ3v) is 3.52. The van der Waals surface area contributed by atoms with Crippen molar-refractivity contribution in [2.45, 2.75) is 6.42 Å². The Labute approximate surface area is 145 Å². The van der Waals surface area contributed by atoms with Gasteiger partial charge in [-0.15, -0.1) is 0 Å². The monoisotopic (exact) mass is 343 g/mol. The number of amides is 2. The number of aryl methyl sites for hydroxylation is 1. The molecule has 0 bridgehead atoms. The minimum Gasteiger partial charge on any atom is -0.348 e. The highest BCUT2D eigenvalue weighted by Crippen LogP contribution is 2.12. The van der Waals surface area contributed by atoms with Crippen LogP contribution in [0, 0.1) is 0 Å². The number of anilines is 1. The summed E-state index contributed by atoms with van der Waals surface area (Å²) in [5, 5.41) is 7.98. The normalized spacial score (nSPS) is 10.3. The summed E-state index contributed by atoms with van der Waals surface area (Å²) < 4.78 is 1.64. The average Bonchev–Trinajstić information content (AvgIpc) is 3.04. The summed E-state index contributed by atoms with van der Waals surface area (Å²) in [6.45, 7) is 1.18. The quantitative estimate of drug-likeness (QED) is 0.381. The number of hydrogen-bond acceptors (Lipinski definition) is 5. The van der Waals surface area contributed by atoms with E-state index in [2.05, 4.69) is 20.9 Å². The molecule has 0 fully saturated rings. The average molecular weight is 343 g/mol. The summed E-state index contributed by atoms with van der Waals surface area (Å²) in [5.41, 5.74) is 0.885. The Hall–Kier alpha value is -3.00. The van der Waals surface area contributed by atoms with Crippen LogP contribution >= 0.6 is 0 Å². The molecule has 0 radical (unpaired) electrons. The first-order chi connectivity index (χ1) is 12.0. The van der Waals surface area contributed by atoms with Crippen LogP contribution in [0.4, 0.5) is 5.69 Å². The van der Waals surface area contributed by atoms with E-state index in [1.165, 1.54) is 0 Å². The second-order valence-electron chi connectivity index (χ2n) is 5.44. The lowest BCUT2D eigenvalue weighted by molar-refractivity contribution is -0.136. The van der Waals surface area contributed by atoms with Crippen LogP contribution in [-0.2, 0) is 16.6 Å². The summed E-state index contributed by atoms with van der Waals surface area (Å²) in [5.74, 6) is -1.32. The fourth-order valence-corrected chi connectivity index (χ4v) is 2.15. The zero-order chi connectivity index (χ0) is 18.2.